The van der Waals surface area contributed by atoms with Crippen LogP contribution in [0.5, 0.6) is 0 Å². The minimum atomic E-state index is 0.0887. The Morgan fingerprint density at radius 1 is 1.27 bits per heavy atom. The van der Waals surface area contributed by atoms with Crippen LogP contribution < -0.4 is 5.32 Å². The molecule has 0 bridgehead atoms. The molecule has 0 fully saturated rings. The average molecular weight is 336 g/mol. The van der Waals surface area contributed by atoms with Crippen molar-refractivity contribution in [1.29, 1.82) is 0 Å². The molecule has 0 unspecified atom stereocenters. The van der Waals surface area contributed by atoms with Crippen LogP contribution >= 0.6 is 23.1 Å². The summed E-state index contributed by atoms with van der Waals surface area (Å²) in [4.78, 5) is 13.9. The van der Waals surface area contributed by atoms with Gasteiger partial charge in [0, 0.05) is 20.6 Å². The van der Waals surface area contributed by atoms with E-state index >= 15 is 0 Å². The fraction of sp³-hybridized carbons (Fsp3) is 0.400. The Labute approximate surface area is 139 Å². The van der Waals surface area contributed by atoms with Crippen LogP contribution in [0.1, 0.15) is 18.1 Å². The second-order valence-corrected chi connectivity index (χ2v) is 7.03. The zero-order valence-electron chi connectivity index (χ0n) is 13.0. The summed E-state index contributed by atoms with van der Waals surface area (Å²) in [6, 6.07) is 8.39. The summed E-state index contributed by atoms with van der Waals surface area (Å²) < 4.78 is 0.804. The lowest BCUT2D eigenvalue weighted by molar-refractivity contribution is -0.127. The van der Waals surface area contributed by atoms with Crippen LogP contribution in [0.2, 0.25) is 0 Å². The number of rotatable bonds is 7. The van der Waals surface area contributed by atoms with Gasteiger partial charge in [0.25, 0.3) is 0 Å². The second kappa shape index (κ2) is 8.14. The largest absolute Gasteiger partial charge is 0.363 e. The molecule has 1 N–H and O–H groups in total. The van der Waals surface area contributed by atoms with Crippen LogP contribution in [0.3, 0.4) is 0 Å². The van der Waals surface area contributed by atoms with Crippen molar-refractivity contribution in [1.82, 2.24) is 15.1 Å². The van der Waals surface area contributed by atoms with Crippen molar-refractivity contribution in [2.75, 3.05) is 25.2 Å². The predicted molar refractivity (Wildman–Crippen MR) is 92.5 cm³/mol. The normalized spacial score (nSPS) is 10.5. The number of aromatic nitrogens is 2. The molecule has 0 aliphatic heterocycles. The van der Waals surface area contributed by atoms with E-state index < -0.39 is 0 Å². The van der Waals surface area contributed by atoms with Gasteiger partial charge >= 0.3 is 0 Å². The van der Waals surface area contributed by atoms with Crippen LogP contribution in [0.4, 0.5) is 5.13 Å². The van der Waals surface area contributed by atoms with E-state index in [1.54, 1.807) is 11.9 Å². The van der Waals surface area contributed by atoms with Crippen LogP contribution in [-0.2, 0) is 17.8 Å². The maximum Gasteiger partial charge on any atom is 0.233 e. The third-order valence-corrected chi connectivity index (χ3v) is 5.27. The quantitative estimate of drug-likeness (QED) is 0.788. The van der Waals surface area contributed by atoms with Crippen LogP contribution in [0.25, 0.3) is 0 Å². The summed E-state index contributed by atoms with van der Waals surface area (Å²) >= 11 is 2.88. The fourth-order valence-corrected chi connectivity index (χ4v) is 3.49. The molecule has 22 heavy (non-hydrogen) atoms. The van der Waals surface area contributed by atoms with E-state index in [1.165, 1.54) is 28.7 Å². The molecule has 2 aromatic rings. The van der Waals surface area contributed by atoms with Gasteiger partial charge in [-0.3, -0.25) is 4.79 Å². The average Bonchev–Trinajstić information content (AvgIpc) is 3.01. The third-order valence-electron chi connectivity index (χ3n) is 3.22. The molecule has 0 aliphatic carbocycles. The molecule has 5 nitrogen and oxygen atoms in total. The molecule has 1 heterocycles. The smallest absolute Gasteiger partial charge is 0.233 e. The minimum absolute atomic E-state index is 0.0887. The van der Waals surface area contributed by atoms with Crippen molar-refractivity contribution in [3.8, 4) is 0 Å². The van der Waals surface area contributed by atoms with Gasteiger partial charge in [0.05, 0.1) is 5.75 Å². The zero-order chi connectivity index (χ0) is 15.9. The van der Waals surface area contributed by atoms with Gasteiger partial charge in [0.2, 0.25) is 11.0 Å². The number of hydrogen-bond donors (Lipinski definition) is 1. The lowest BCUT2D eigenvalue weighted by Crippen LogP contribution is -2.27. The van der Waals surface area contributed by atoms with E-state index in [2.05, 4.69) is 46.7 Å². The van der Waals surface area contributed by atoms with E-state index in [4.69, 9.17) is 0 Å². The van der Waals surface area contributed by atoms with Crippen molar-refractivity contribution in [2.24, 2.45) is 0 Å². The molecule has 7 heteroatoms. The zero-order valence-corrected chi connectivity index (χ0v) is 14.6. The number of anilines is 1. The van der Waals surface area contributed by atoms with Gasteiger partial charge in [-0.1, -0.05) is 54.3 Å². The highest BCUT2D eigenvalue weighted by molar-refractivity contribution is 8.01. The van der Waals surface area contributed by atoms with E-state index in [0.29, 0.717) is 12.3 Å². The van der Waals surface area contributed by atoms with Crippen LogP contribution in [-0.4, -0.2) is 40.9 Å². The monoisotopic (exact) mass is 336 g/mol. The lowest BCUT2D eigenvalue weighted by atomic mass is 10.1. The number of hydrogen-bond acceptors (Lipinski definition) is 6. The molecule has 1 aromatic heterocycles. The number of thioether (sulfide) groups is 1. The first-order valence-corrected chi connectivity index (χ1v) is 8.88. The number of aryl methyl sites for hydroxylation is 1. The molecule has 1 amide bonds. The summed E-state index contributed by atoms with van der Waals surface area (Å²) in [7, 11) is 3.63. The number of carbonyl (C=O) groups excluding carboxylic acids is 1. The molecule has 1 aromatic carbocycles. The summed E-state index contributed by atoms with van der Waals surface area (Å²) in [5.41, 5.74) is 2.45. The number of nitrogens with one attached hydrogen (secondary N) is 1. The molecule has 118 valence electrons. The van der Waals surface area contributed by atoms with Crippen molar-refractivity contribution < 1.29 is 4.79 Å². The number of nitrogens with zero attached hydrogens (tertiary/aromatic N) is 3. The Morgan fingerprint density at radius 2 is 1.95 bits per heavy atom. The topological polar surface area (TPSA) is 58.1 Å². The van der Waals surface area contributed by atoms with Gasteiger partial charge in [0.15, 0.2) is 4.34 Å². The molecular weight excluding hydrogens is 316 g/mol. The van der Waals surface area contributed by atoms with E-state index in [1.807, 2.05) is 7.05 Å². The summed E-state index contributed by atoms with van der Waals surface area (Å²) in [6.45, 7) is 2.76. The van der Waals surface area contributed by atoms with E-state index in [9.17, 15) is 4.79 Å². The van der Waals surface area contributed by atoms with E-state index in [0.717, 1.165) is 21.5 Å². The summed E-state index contributed by atoms with van der Waals surface area (Å²) in [6.07, 6.45) is 1.03. The lowest BCUT2D eigenvalue weighted by Gasteiger charge is -2.17. The highest BCUT2D eigenvalue weighted by Crippen LogP contribution is 2.25. The van der Waals surface area contributed by atoms with Crippen molar-refractivity contribution in [3.05, 3.63) is 35.4 Å². The first-order chi connectivity index (χ1) is 10.6. The number of amides is 1. The maximum absolute atomic E-state index is 12.2. The van der Waals surface area contributed by atoms with Crippen LogP contribution in [0, 0.1) is 0 Å². The van der Waals surface area contributed by atoms with Gasteiger partial charge in [0.1, 0.15) is 0 Å². The predicted octanol–water partition coefficient (Wildman–Crippen LogP) is 2.89. The molecular formula is C15H20N4OS2. The fourth-order valence-electron chi connectivity index (χ4n) is 1.85. The van der Waals surface area contributed by atoms with Gasteiger partial charge in [-0.25, -0.2) is 0 Å². The maximum atomic E-state index is 12.2. The Morgan fingerprint density at radius 3 is 2.55 bits per heavy atom. The SMILES string of the molecule is CCc1ccc(CN(C)C(=O)CSc2nnc(NC)s2)cc1. The molecule has 0 radical (unpaired) electrons. The van der Waals surface area contributed by atoms with Crippen molar-refractivity contribution in [2.45, 2.75) is 24.2 Å². The third kappa shape index (κ3) is 4.71. The van der Waals surface area contributed by atoms with Gasteiger partial charge in [-0.05, 0) is 17.5 Å². The molecule has 0 aliphatic rings. The van der Waals surface area contributed by atoms with Gasteiger partial charge in [-0.2, -0.15) is 0 Å². The Balaban J connectivity index is 1.83. The van der Waals surface area contributed by atoms with Crippen molar-refractivity contribution >= 4 is 34.1 Å². The van der Waals surface area contributed by atoms with Gasteiger partial charge in [-0.15, -0.1) is 10.2 Å². The minimum Gasteiger partial charge on any atom is -0.363 e. The van der Waals surface area contributed by atoms with Gasteiger partial charge < -0.3 is 10.2 Å². The standard InChI is InChI=1S/C15H20N4OS2/c1-4-11-5-7-12(8-6-11)9-19(3)13(20)10-21-15-18-17-14(16-2)22-15/h5-8H,4,9-10H2,1-3H3,(H,16,17). The molecule has 0 saturated heterocycles. The number of benzene rings is 1. The summed E-state index contributed by atoms with van der Waals surface area (Å²) in [5, 5.41) is 11.7. The summed E-state index contributed by atoms with van der Waals surface area (Å²) in [5.74, 6) is 0.466. The van der Waals surface area contributed by atoms with Crippen LogP contribution in [0.15, 0.2) is 28.6 Å². The second-order valence-electron chi connectivity index (χ2n) is 4.83. The Hall–Kier alpha value is -1.60. The number of carbonyl (C=O) groups is 1. The molecule has 2 rings (SSSR count). The van der Waals surface area contributed by atoms with Crippen molar-refractivity contribution in [3.63, 3.8) is 0 Å². The first kappa shape index (κ1) is 16.8. The first-order valence-electron chi connectivity index (χ1n) is 7.08. The molecule has 0 saturated carbocycles. The molecule has 0 spiro atoms. The van der Waals surface area contributed by atoms with E-state index in [-0.39, 0.29) is 5.91 Å². The Kier molecular flexibility index (Phi) is 6.21. The highest BCUT2D eigenvalue weighted by atomic mass is 32.2. The molecule has 0 atom stereocenters. The highest BCUT2D eigenvalue weighted by Gasteiger charge is 2.12. The Bertz CT molecular complexity index is 612.